The normalized spacial score (nSPS) is 19.7. The van der Waals surface area contributed by atoms with E-state index < -0.39 is 6.10 Å². The summed E-state index contributed by atoms with van der Waals surface area (Å²) >= 11 is 0. The molecule has 0 saturated carbocycles. The molecule has 2 rings (SSSR count). The number of benzene rings is 1. The quantitative estimate of drug-likeness (QED) is 0.684. The molecule has 0 saturated heterocycles. The molecule has 1 aromatic rings. The predicted octanol–water partition coefficient (Wildman–Crippen LogP) is 2.11. The molecule has 0 radical (unpaired) electrons. The van der Waals surface area contributed by atoms with Gasteiger partial charge in [-0.3, -0.25) is 4.79 Å². The monoisotopic (exact) mass is 194 g/mol. The topological polar surface area (TPSA) is 26.3 Å². The number of carbonyl (C=O) groups is 1. The molecule has 1 atom stereocenters. The van der Waals surface area contributed by atoms with Crippen molar-refractivity contribution in [2.75, 3.05) is 0 Å². The summed E-state index contributed by atoms with van der Waals surface area (Å²) in [6.45, 7) is 1.47. The molecular formula is C11H11FO2. The smallest absolute Gasteiger partial charge is 0.170 e. The van der Waals surface area contributed by atoms with Gasteiger partial charge in [0.1, 0.15) is 0 Å². The average Bonchev–Trinajstić information content (AvgIpc) is 2.18. The van der Waals surface area contributed by atoms with Gasteiger partial charge in [-0.05, 0) is 31.4 Å². The van der Waals surface area contributed by atoms with E-state index in [-0.39, 0.29) is 17.3 Å². The summed E-state index contributed by atoms with van der Waals surface area (Å²) in [6.07, 6.45) is 0.878. The molecule has 1 aliphatic rings. The van der Waals surface area contributed by atoms with Gasteiger partial charge in [0, 0.05) is 0 Å². The third-order valence-electron chi connectivity index (χ3n) is 2.44. The number of ether oxygens (including phenoxy) is 1. The Bertz CT molecular complexity index is 374. The molecule has 0 aliphatic carbocycles. The van der Waals surface area contributed by atoms with Crippen molar-refractivity contribution in [3.63, 3.8) is 0 Å². The van der Waals surface area contributed by atoms with Crippen molar-refractivity contribution in [2.45, 2.75) is 25.9 Å². The molecule has 1 aliphatic heterocycles. The van der Waals surface area contributed by atoms with Gasteiger partial charge in [-0.25, -0.2) is 4.39 Å². The number of ketones is 1. The number of carbonyl (C=O) groups excluding carboxylic acids is 1. The van der Waals surface area contributed by atoms with Gasteiger partial charge in [-0.2, -0.15) is 0 Å². The number of hydrogen-bond acceptors (Lipinski definition) is 2. The van der Waals surface area contributed by atoms with E-state index >= 15 is 0 Å². The Morgan fingerprint density at radius 2 is 2.36 bits per heavy atom. The highest BCUT2D eigenvalue weighted by atomic mass is 19.1. The molecule has 1 aromatic carbocycles. The molecular weight excluding hydrogens is 183 g/mol. The zero-order valence-corrected chi connectivity index (χ0v) is 7.92. The van der Waals surface area contributed by atoms with E-state index in [0.29, 0.717) is 12.8 Å². The van der Waals surface area contributed by atoms with E-state index in [1.807, 2.05) is 6.07 Å². The van der Waals surface area contributed by atoms with Gasteiger partial charge in [0.05, 0.1) is 0 Å². The van der Waals surface area contributed by atoms with Crippen molar-refractivity contribution in [3.8, 4) is 5.75 Å². The Balaban J connectivity index is 2.33. The molecule has 0 bridgehead atoms. The first-order valence-corrected chi connectivity index (χ1v) is 4.63. The van der Waals surface area contributed by atoms with Crippen LogP contribution < -0.4 is 4.74 Å². The molecule has 74 valence electrons. The molecule has 0 amide bonds. The molecule has 0 fully saturated rings. The van der Waals surface area contributed by atoms with Crippen molar-refractivity contribution in [2.24, 2.45) is 0 Å². The first-order chi connectivity index (χ1) is 6.68. The molecule has 1 unspecified atom stereocenters. The molecule has 0 spiro atoms. The SMILES string of the molecule is CC(=O)C1CCc2cccc(F)c2O1. The number of aryl methyl sites for hydroxylation is 1. The van der Waals surface area contributed by atoms with Gasteiger partial charge in [-0.1, -0.05) is 12.1 Å². The Hall–Kier alpha value is -1.38. The van der Waals surface area contributed by atoms with Crippen molar-refractivity contribution in [1.82, 2.24) is 0 Å². The zero-order chi connectivity index (χ0) is 10.1. The Morgan fingerprint density at radius 1 is 1.57 bits per heavy atom. The fourth-order valence-electron chi connectivity index (χ4n) is 1.66. The van der Waals surface area contributed by atoms with Gasteiger partial charge in [0.2, 0.25) is 0 Å². The highest BCUT2D eigenvalue weighted by Crippen LogP contribution is 2.30. The number of fused-ring (bicyclic) bond motifs is 1. The zero-order valence-electron chi connectivity index (χ0n) is 7.92. The summed E-state index contributed by atoms with van der Waals surface area (Å²) in [7, 11) is 0. The van der Waals surface area contributed by atoms with Crippen LogP contribution in [0.5, 0.6) is 5.75 Å². The minimum absolute atomic E-state index is 0.0427. The van der Waals surface area contributed by atoms with E-state index in [1.165, 1.54) is 13.0 Å². The number of hydrogen-bond donors (Lipinski definition) is 0. The van der Waals surface area contributed by atoms with Crippen LogP contribution in [0.15, 0.2) is 18.2 Å². The van der Waals surface area contributed by atoms with E-state index in [4.69, 9.17) is 4.74 Å². The van der Waals surface area contributed by atoms with Crippen LogP contribution in [0.4, 0.5) is 4.39 Å². The Labute approximate surface area is 81.7 Å². The third kappa shape index (κ3) is 1.50. The van der Waals surface area contributed by atoms with Crippen LogP contribution in [-0.2, 0) is 11.2 Å². The highest BCUT2D eigenvalue weighted by Gasteiger charge is 2.25. The second-order valence-electron chi connectivity index (χ2n) is 3.48. The third-order valence-corrected chi connectivity index (χ3v) is 2.44. The van der Waals surface area contributed by atoms with Crippen molar-refractivity contribution < 1.29 is 13.9 Å². The van der Waals surface area contributed by atoms with Crippen LogP contribution in [0, 0.1) is 5.82 Å². The summed E-state index contributed by atoms with van der Waals surface area (Å²) in [5.41, 5.74) is 0.850. The molecule has 2 nitrogen and oxygen atoms in total. The van der Waals surface area contributed by atoms with Gasteiger partial charge >= 0.3 is 0 Å². The lowest BCUT2D eigenvalue weighted by Crippen LogP contribution is -2.29. The van der Waals surface area contributed by atoms with E-state index in [9.17, 15) is 9.18 Å². The standard InChI is InChI=1S/C11H11FO2/c1-7(13)10-6-5-8-3-2-4-9(12)11(8)14-10/h2-4,10H,5-6H2,1H3. The van der Waals surface area contributed by atoms with E-state index in [1.54, 1.807) is 6.07 Å². The number of Topliss-reactive ketones (excluding diaryl/α,β-unsaturated/α-hetero) is 1. The van der Waals surface area contributed by atoms with Crippen molar-refractivity contribution in [3.05, 3.63) is 29.6 Å². The Morgan fingerprint density at radius 3 is 3.07 bits per heavy atom. The maximum atomic E-state index is 13.3. The predicted molar refractivity (Wildman–Crippen MR) is 49.8 cm³/mol. The minimum Gasteiger partial charge on any atom is -0.479 e. The van der Waals surface area contributed by atoms with Crippen molar-refractivity contribution >= 4 is 5.78 Å². The van der Waals surface area contributed by atoms with E-state index in [2.05, 4.69) is 0 Å². The molecule has 1 heterocycles. The first-order valence-electron chi connectivity index (χ1n) is 4.63. The molecule has 0 aromatic heterocycles. The summed E-state index contributed by atoms with van der Waals surface area (Å²) in [4.78, 5) is 11.1. The van der Waals surface area contributed by atoms with Crippen molar-refractivity contribution in [1.29, 1.82) is 0 Å². The van der Waals surface area contributed by atoms with Gasteiger partial charge in [0.15, 0.2) is 23.5 Å². The highest BCUT2D eigenvalue weighted by molar-refractivity contribution is 5.81. The number of halogens is 1. The Kier molecular flexibility index (Phi) is 2.23. The van der Waals surface area contributed by atoms with E-state index in [0.717, 1.165) is 5.56 Å². The molecule has 0 N–H and O–H groups in total. The second-order valence-corrected chi connectivity index (χ2v) is 3.48. The minimum atomic E-state index is -0.473. The summed E-state index contributed by atoms with van der Waals surface area (Å²) in [5.74, 6) is -0.175. The lowest BCUT2D eigenvalue weighted by Gasteiger charge is -2.24. The van der Waals surface area contributed by atoms with Crippen LogP contribution in [-0.4, -0.2) is 11.9 Å². The largest absolute Gasteiger partial charge is 0.479 e. The first kappa shape index (κ1) is 9.19. The lowest BCUT2D eigenvalue weighted by atomic mass is 10.0. The maximum Gasteiger partial charge on any atom is 0.170 e. The summed E-state index contributed by atoms with van der Waals surface area (Å²) in [6, 6.07) is 4.84. The number of rotatable bonds is 1. The van der Waals surface area contributed by atoms with Crippen LogP contribution in [0.3, 0.4) is 0 Å². The van der Waals surface area contributed by atoms with Crippen LogP contribution in [0.1, 0.15) is 18.9 Å². The molecule has 3 heteroatoms. The average molecular weight is 194 g/mol. The molecule has 14 heavy (non-hydrogen) atoms. The summed E-state index contributed by atoms with van der Waals surface area (Å²) in [5, 5.41) is 0. The number of para-hydroxylation sites is 1. The second kappa shape index (κ2) is 3.40. The van der Waals surface area contributed by atoms with Crippen LogP contribution in [0.25, 0.3) is 0 Å². The fourth-order valence-corrected chi connectivity index (χ4v) is 1.66. The van der Waals surface area contributed by atoms with Gasteiger partial charge < -0.3 is 4.74 Å². The van der Waals surface area contributed by atoms with Gasteiger partial charge in [-0.15, -0.1) is 0 Å². The van der Waals surface area contributed by atoms with Gasteiger partial charge in [0.25, 0.3) is 0 Å². The maximum absolute atomic E-state index is 13.3. The van der Waals surface area contributed by atoms with Crippen LogP contribution in [0.2, 0.25) is 0 Å². The fraction of sp³-hybridized carbons (Fsp3) is 0.364. The lowest BCUT2D eigenvalue weighted by molar-refractivity contribution is -0.124. The van der Waals surface area contributed by atoms with Crippen LogP contribution >= 0.6 is 0 Å². The summed E-state index contributed by atoms with van der Waals surface area (Å²) < 4.78 is 18.6.